The first-order valence-electron chi connectivity index (χ1n) is 5.91. The molecule has 0 atom stereocenters. The van der Waals surface area contributed by atoms with Gasteiger partial charge in [-0.25, -0.2) is 9.78 Å². The van der Waals surface area contributed by atoms with Crippen LogP contribution >= 0.6 is 11.6 Å². The topological polar surface area (TPSA) is 81.9 Å². The summed E-state index contributed by atoms with van der Waals surface area (Å²) < 4.78 is 7.56. The molecule has 0 bridgehead atoms. The van der Waals surface area contributed by atoms with Crippen LogP contribution in [0, 0.1) is 0 Å². The van der Waals surface area contributed by atoms with Gasteiger partial charge in [-0.1, -0.05) is 0 Å². The highest BCUT2D eigenvalue weighted by Gasteiger charge is 2.15. The summed E-state index contributed by atoms with van der Waals surface area (Å²) >= 11 is 5.71. The van der Waals surface area contributed by atoms with E-state index in [1.165, 1.54) is 4.57 Å². The maximum Gasteiger partial charge on any atom is 0.332 e. The number of imidazole rings is 1. The smallest absolute Gasteiger partial charge is 0.332 e. The van der Waals surface area contributed by atoms with Crippen LogP contribution in [0.4, 0.5) is 0 Å². The number of fused-ring (bicyclic) bond motifs is 1. The summed E-state index contributed by atoms with van der Waals surface area (Å²) in [6.07, 6.45) is 0. The van der Waals surface area contributed by atoms with Gasteiger partial charge in [-0.15, -0.1) is 11.6 Å². The van der Waals surface area contributed by atoms with Crippen molar-refractivity contribution in [2.24, 2.45) is 0 Å². The summed E-state index contributed by atoms with van der Waals surface area (Å²) in [5, 5.41) is 0. The molecule has 0 fully saturated rings. The molecule has 0 aromatic carbocycles. The van der Waals surface area contributed by atoms with E-state index in [9.17, 15) is 9.59 Å². The lowest BCUT2D eigenvalue weighted by molar-refractivity contribution is 0.186. The Hall–Kier alpha value is -1.60. The molecule has 7 nitrogen and oxygen atoms in total. The zero-order valence-electron chi connectivity index (χ0n) is 10.8. The van der Waals surface area contributed by atoms with E-state index in [1.54, 1.807) is 14.0 Å². The van der Waals surface area contributed by atoms with E-state index in [2.05, 4.69) is 9.97 Å². The van der Waals surface area contributed by atoms with E-state index >= 15 is 0 Å². The first kappa shape index (κ1) is 13.8. The van der Waals surface area contributed by atoms with Crippen LogP contribution in [0.2, 0.25) is 0 Å². The lowest BCUT2D eigenvalue weighted by Gasteiger charge is -2.09. The molecule has 2 aromatic heterocycles. The lowest BCUT2D eigenvalue weighted by atomic mass is 10.5. The molecule has 2 aromatic rings. The second kappa shape index (κ2) is 5.58. The highest BCUT2D eigenvalue weighted by Crippen LogP contribution is 2.07. The molecular weight excluding hydrogens is 272 g/mol. The van der Waals surface area contributed by atoms with Gasteiger partial charge >= 0.3 is 5.69 Å². The Kier molecular flexibility index (Phi) is 4.06. The van der Waals surface area contributed by atoms with Gasteiger partial charge in [-0.3, -0.25) is 13.9 Å². The number of nitrogens with one attached hydrogen (secondary N) is 1. The SMILES string of the molecule is CCn1c(=O)c2[nH]c(CCl)nc2n(CCOC)c1=O. The fraction of sp³-hybridized carbons (Fsp3) is 0.545. The third kappa shape index (κ3) is 2.31. The number of hydrogen-bond donors (Lipinski definition) is 1. The second-order valence-corrected chi connectivity index (χ2v) is 4.26. The summed E-state index contributed by atoms with van der Waals surface area (Å²) in [4.78, 5) is 31.4. The number of nitrogens with zero attached hydrogens (tertiary/aromatic N) is 3. The minimum atomic E-state index is -0.385. The van der Waals surface area contributed by atoms with Crippen LogP contribution in [-0.2, 0) is 23.7 Å². The third-order valence-electron chi connectivity index (χ3n) is 2.87. The van der Waals surface area contributed by atoms with Gasteiger partial charge in [-0.05, 0) is 6.92 Å². The first-order valence-corrected chi connectivity index (χ1v) is 6.44. The van der Waals surface area contributed by atoms with Crippen LogP contribution in [-0.4, -0.2) is 32.8 Å². The Morgan fingerprint density at radius 1 is 1.37 bits per heavy atom. The summed E-state index contributed by atoms with van der Waals surface area (Å²) in [5.41, 5.74) is -0.134. The fourth-order valence-corrected chi connectivity index (χ4v) is 2.07. The number of methoxy groups -OCH3 is 1. The predicted molar refractivity (Wildman–Crippen MR) is 71.7 cm³/mol. The van der Waals surface area contributed by atoms with Crippen molar-refractivity contribution >= 4 is 22.8 Å². The van der Waals surface area contributed by atoms with Gasteiger partial charge in [0.15, 0.2) is 5.65 Å². The molecule has 2 heterocycles. The average Bonchev–Trinajstić information content (AvgIpc) is 2.83. The van der Waals surface area contributed by atoms with E-state index in [-0.39, 0.29) is 17.1 Å². The number of halogens is 1. The number of alkyl halides is 1. The van der Waals surface area contributed by atoms with Crippen LogP contribution in [0.25, 0.3) is 11.2 Å². The summed E-state index contributed by atoms with van der Waals surface area (Å²) in [6, 6.07) is 0. The Balaban J connectivity index is 2.79. The maximum absolute atomic E-state index is 12.2. The Bertz CT molecular complexity index is 700. The van der Waals surface area contributed by atoms with Crippen molar-refractivity contribution in [2.75, 3.05) is 13.7 Å². The highest BCUT2D eigenvalue weighted by molar-refractivity contribution is 6.16. The van der Waals surface area contributed by atoms with Crippen molar-refractivity contribution in [2.45, 2.75) is 25.9 Å². The van der Waals surface area contributed by atoms with Gasteiger partial charge in [0.25, 0.3) is 5.56 Å². The minimum Gasteiger partial charge on any atom is -0.383 e. The van der Waals surface area contributed by atoms with Gasteiger partial charge in [-0.2, -0.15) is 0 Å². The summed E-state index contributed by atoms with van der Waals surface area (Å²) in [7, 11) is 1.55. The van der Waals surface area contributed by atoms with Gasteiger partial charge in [0.05, 0.1) is 19.0 Å². The van der Waals surface area contributed by atoms with Crippen molar-refractivity contribution in [1.82, 2.24) is 19.1 Å². The van der Waals surface area contributed by atoms with Crippen LogP contribution in [0.3, 0.4) is 0 Å². The lowest BCUT2D eigenvalue weighted by Crippen LogP contribution is -2.40. The molecule has 0 aliphatic carbocycles. The van der Waals surface area contributed by atoms with Gasteiger partial charge in [0.1, 0.15) is 11.3 Å². The monoisotopic (exact) mass is 286 g/mol. The number of ether oxygens (including phenoxy) is 1. The van der Waals surface area contributed by atoms with Gasteiger partial charge in [0, 0.05) is 13.7 Å². The fourth-order valence-electron chi connectivity index (χ4n) is 1.94. The highest BCUT2D eigenvalue weighted by atomic mass is 35.5. The average molecular weight is 287 g/mol. The normalized spacial score (nSPS) is 11.3. The van der Waals surface area contributed by atoms with E-state index in [0.717, 1.165) is 4.57 Å². The molecule has 19 heavy (non-hydrogen) atoms. The molecule has 8 heteroatoms. The third-order valence-corrected chi connectivity index (χ3v) is 3.13. The standard InChI is InChI=1S/C11H15ClN4O3/c1-3-15-10(17)8-9(14-7(6-12)13-8)16(11(15)18)4-5-19-2/h3-6H2,1-2H3,(H,13,14). The number of aromatic nitrogens is 4. The molecule has 0 unspecified atom stereocenters. The van der Waals surface area contributed by atoms with Crippen LogP contribution in [0.5, 0.6) is 0 Å². The number of aromatic amines is 1. The zero-order valence-corrected chi connectivity index (χ0v) is 11.5. The van der Waals surface area contributed by atoms with Crippen LogP contribution < -0.4 is 11.2 Å². The maximum atomic E-state index is 12.2. The minimum absolute atomic E-state index is 0.152. The van der Waals surface area contributed by atoms with Gasteiger partial charge in [0.2, 0.25) is 0 Å². The van der Waals surface area contributed by atoms with Crippen LogP contribution in [0.15, 0.2) is 9.59 Å². The van der Waals surface area contributed by atoms with E-state index in [4.69, 9.17) is 16.3 Å². The number of rotatable bonds is 5. The molecule has 0 aliphatic heterocycles. The molecule has 2 rings (SSSR count). The molecule has 0 spiro atoms. The molecule has 104 valence electrons. The quantitative estimate of drug-likeness (QED) is 0.801. The van der Waals surface area contributed by atoms with Crippen molar-refractivity contribution < 1.29 is 4.74 Å². The first-order chi connectivity index (χ1) is 9.13. The van der Waals surface area contributed by atoms with Crippen molar-refractivity contribution in [1.29, 1.82) is 0 Å². The second-order valence-electron chi connectivity index (χ2n) is 3.99. The van der Waals surface area contributed by atoms with E-state index < -0.39 is 0 Å². The largest absolute Gasteiger partial charge is 0.383 e. The molecule has 0 saturated heterocycles. The summed E-state index contributed by atoms with van der Waals surface area (Å²) in [6.45, 7) is 2.74. The molecule has 1 N–H and O–H groups in total. The molecule has 0 amide bonds. The molecule has 0 radical (unpaired) electrons. The van der Waals surface area contributed by atoms with Crippen molar-refractivity contribution in [3.8, 4) is 0 Å². The Morgan fingerprint density at radius 2 is 2.11 bits per heavy atom. The van der Waals surface area contributed by atoms with E-state index in [0.29, 0.717) is 36.7 Å². The number of hydrogen-bond acceptors (Lipinski definition) is 4. The number of H-pyrrole nitrogens is 1. The van der Waals surface area contributed by atoms with Gasteiger partial charge < -0.3 is 9.72 Å². The zero-order chi connectivity index (χ0) is 14.0. The molecular formula is C11H15ClN4O3. The summed E-state index contributed by atoms with van der Waals surface area (Å²) in [5.74, 6) is 0.617. The van der Waals surface area contributed by atoms with Crippen LogP contribution in [0.1, 0.15) is 12.7 Å². The molecule has 0 aliphatic rings. The van der Waals surface area contributed by atoms with Crippen molar-refractivity contribution in [3.05, 3.63) is 26.7 Å². The Morgan fingerprint density at radius 3 is 2.68 bits per heavy atom. The Labute approximate surface area is 113 Å². The predicted octanol–water partition coefficient (Wildman–Crippen LogP) is 0.291. The van der Waals surface area contributed by atoms with Crippen molar-refractivity contribution in [3.63, 3.8) is 0 Å². The van der Waals surface area contributed by atoms with E-state index in [1.807, 2.05) is 0 Å². The molecule has 0 saturated carbocycles.